The van der Waals surface area contributed by atoms with Crippen molar-refractivity contribution in [2.24, 2.45) is 0 Å². The van der Waals surface area contributed by atoms with Crippen molar-refractivity contribution < 1.29 is 4.39 Å². The lowest BCUT2D eigenvalue weighted by atomic mass is 10.3. The second kappa shape index (κ2) is 5.14. The molecule has 20 heavy (non-hydrogen) atoms. The Kier molecular flexibility index (Phi) is 3.48. The first-order valence-electron chi connectivity index (χ1n) is 5.96. The average Bonchev–Trinajstić information content (AvgIpc) is 2.76. The standard InChI is InChI=1S/C14H10BrClFN3/c1-8-2-4-11-14(18-8)20(13(7-16)19-11)12-5-3-9(17)6-10(12)15/h2-6H,7H2,1H3. The molecule has 2 heterocycles. The Morgan fingerprint density at radius 2 is 2.05 bits per heavy atom. The van der Waals surface area contributed by atoms with Gasteiger partial charge in [-0.3, -0.25) is 4.57 Å². The molecule has 0 N–H and O–H groups in total. The summed E-state index contributed by atoms with van der Waals surface area (Å²) < 4.78 is 15.7. The van der Waals surface area contributed by atoms with Crippen molar-refractivity contribution in [3.05, 3.63) is 52.1 Å². The number of alkyl halides is 1. The Bertz CT molecular complexity index is 800. The molecule has 0 unspecified atom stereocenters. The van der Waals surface area contributed by atoms with Gasteiger partial charge in [-0.1, -0.05) is 0 Å². The second-order valence-corrected chi connectivity index (χ2v) is 5.51. The highest BCUT2D eigenvalue weighted by atomic mass is 79.9. The van der Waals surface area contributed by atoms with Gasteiger partial charge in [0, 0.05) is 10.2 Å². The van der Waals surface area contributed by atoms with Crippen molar-refractivity contribution in [3.8, 4) is 5.69 Å². The van der Waals surface area contributed by atoms with Crippen LogP contribution in [0.15, 0.2) is 34.8 Å². The minimum Gasteiger partial charge on any atom is -0.279 e. The number of aryl methyl sites for hydroxylation is 1. The summed E-state index contributed by atoms with van der Waals surface area (Å²) in [7, 11) is 0. The maximum atomic E-state index is 13.3. The van der Waals surface area contributed by atoms with Gasteiger partial charge in [0.05, 0.1) is 11.6 Å². The van der Waals surface area contributed by atoms with Crippen LogP contribution in [0.25, 0.3) is 16.9 Å². The quantitative estimate of drug-likeness (QED) is 0.640. The molecule has 0 bridgehead atoms. The van der Waals surface area contributed by atoms with Crippen LogP contribution in [0.3, 0.4) is 0 Å². The smallest absolute Gasteiger partial charge is 0.164 e. The maximum Gasteiger partial charge on any atom is 0.164 e. The van der Waals surface area contributed by atoms with Crippen molar-refractivity contribution in [2.75, 3.05) is 0 Å². The van der Waals surface area contributed by atoms with Gasteiger partial charge in [0.1, 0.15) is 17.2 Å². The number of aromatic nitrogens is 3. The van der Waals surface area contributed by atoms with E-state index in [4.69, 9.17) is 11.6 Å². The molecule has 0 saturated carbocycles. The SMILES string of the molecule is Cc1ccc2nc(CCl)n(-c3ccc(F)cc3Br)c2n1. The molecule has 0 aliphatic rings. The number of nitrogens with zero attached hydrogens (tertiary/aromatic N) is 3. The average molecular weight is 355 g/mol. The first-order valence-corrected chi connectivity index (χ1v) is 7.29. The highest BCUT2D eigenvalue weighted by Crippen LogP contribution is 2.27. The van der Waals surface area contributed by atoms with Crippen LogP contribution in [0.2, 0.25) is 0 Å². The summed E-state index contributed by atoms with van der Waals surface area (Å²) in [6, 6.07) is 8.30. The van der Waals surface area contributed by atoms with E-state index in [2.05, 4.69) is 25.9 Å². The number of benzene rings is 1. The predicted octanol–water partition coefficient (Wildman–Crippen LogP) is 4.37. The van der Waals surface area contributed by atoms with Crippen LogP contribution in [0, 0.1) is 12.7 Å². The second-order valence-electron chi connectivity index (χ2n) is 4.39. The predicted molar refractivity (Wildman–Crippen MR) is 80.8 cm³/mol. The molecule has 0 spiro atoms. The Hall–Kier alpha value is -1.46. The molecule has 6 heteroatoms. The van der Waals surface area contributed by atoms with Crippen LogP contribution in [-0.4, -0.2) is 14.5 Å². The lowest BCUT2D eigenvalue weighted by Gasteiger charge is -2.09. The molecular weight excluding hydrogens is 345 g/mol. The number of rotatable bonds is 2. The molecule has 0 atom stereocenters. The third kappa shape index (κ3) is 2.21. The Morgan fingerprint density at radius 3 is 2.75 bits per heavy atom. The van der Waals surface area contributed by atoms with Crippen LogP contribution in [-0.2, 0) is 5.88 Å². The summed E-state index contributed by atoms with van der Waals surface area (Å²) in [4.78, 5) is 8.98. The monoisotopic (exact) mass is 353 g/mol. The zero-order valence-electron chi connectivity index (χ0n) is 10.6. The largest absolute Gasteiger partial charge is 0.279 e. The number of imidazole rings is 1. The van der Waals surface area contributed by atoms with E-state index < -0.39 is 0 Å². The molecule has 0 fully saturated rings. The van der Waals surface area contributed by atoms with Gasteiger partial charge in [-0.05, 0) is 53.2 Å². The van der Waals surface area contributed by atoms with Crippen LogP contribution in [0.5, 0.6) is 0 Å². The van der Waals surface area contributed by atoms with E-state index in [0.29, 0.717) is 15.9 Å². The summed E-state index contributed by atoms with van der Waals surface area (Å²) in [5, 5.41) is 0. The van der Waals surface area contributed by atoms with E-state index in [1.807, 2.05) is 23.6 Å². The van der Waals surface area contributed by atoms with Gasteiger partial charge in [-0.15, -0.1) is 11.6 Å². The van der Waals surface area contributed by atoms with Gasteiger partial charge < -0.3 is 0 Å². The molecule has 0 aliphatic heterocycles. The van der Waals surface area contributed by atoms with E-state index >= 15 is 0 Å². The number of hydrogen-bond acceptors (Lipinski definition) is 2. The van der Waals surface area contributed by atoms with Crippen LogP contribution in [0.4, 0.5) is 4.39 Å². The number of pyridine rings is 1. The summed E-state index contributed by atoms with van der Waals surface area (Å²) in [6.45, 7) is 1.91. The molecule has 102 valence electrons. The molecule has 0 aliphatic carbocycles. The molecule has 1 aromatic carbocycles. The van der Waals surface area contributed by atoms with Crippen molar-refractivity contribution in [3.63, 3.8) is 0 Å². The third-order valence-corrected chi connectivity index (χ3v) is 3.86. The van der Waals surface area contributed by atoms with Crippen LogP contribution in [0.1, 0.15) is 11.5 Å². The van der Waals surface area contributed by atoms with Gasteiger partial charge in [-0.2, -0.15) is 0 Å². The van der Waals surface area contributed by atoms with E-state index in [9.17, 15) is 4.39 Å². The normalized spacial score (nSPS) is 11.2. The topological polar surface area (TPSA) is 30.7 Å². The minimum absolute atomic E-state index is 0.249. The highest BCUT2D eigenvalue weighted by molar-refractivity contribution is 9.10. The van der Waals surface area contributed by atoms with Crippen molar-refractivity contribution >= 4 is 38.7 Å². The zero-order valence-corrected chi connectivity index (χ0v) is 12.9. The van der Waals surface area contributed by atoms with E-state index in [1.54, 1.807) is 6.07 Å². The summed E-state index contributed by atoms with van der Waals surface area (Å²) >= 11 is 9.35. The molecular formula is C14H10BrClFN3. The third-order valence-electron chi connectivity index (χ3n) is 2.98. The van der Waals surface area contributed by atoms with Crippen molar-refractivity contribution in [2.45, 2.75) is 12.8 Å². The van der Waals surface area contributed by atoms with Crippen molar-refractivity contribution in [1.29, 1.82) is 0 Å². The molecule has 3 rings (SSSR count). The number of halogens is 3. The molecule has 3 aromatic rings. The van der Waals surface area contributed by atoms with E-state index in [-0.39, 0.29) is 11.7 Å². The van der Waals surface area contributed by atoms with Crippen LogP contribution >= 0.6 is 27.5 Å². The van der Waals surface area contributed by atoms with Gasteiger partial charge in [-0.25, -0.2) is 14.4 Å². The summed E-state index contributed by atoms with van der Waals surface area (Å²) in [5.74, 6) is 0.618. The lowest BCUT2D eigenvalue weighted by Crippen LogP contribution is -2.02. The Labute approximate surface area is 128 Å². The lowest BCUT2D eigenvalue weighted by molar-refractivity contribution is 0.626. The zero-order chi connectivity index (χ0) is 14.3. The first kappa shape index (κ1) is 13.5. The molecule has 0 radical (unpaired) electrons. The van der Waals surface area contributed by atoms with Crippen molar-refractivity contribution in [1.82, 2.24) is 14.5 Å². The number of hydrogen-bond donors (Lipinski definition) is 0. The van der Waals surface area contributed by atoms with Gasteiger partial charge in [0.15, 0.2) is 5.65 Å². The number of fused-ring (bicyclic) bond motifs is 1. The molecule has 0 saturated heterocycles. The van der Waals surface area contributed by atoms with E-state index in [0.717, 1.165) is 16.9 Å². The molecule has 0 amide bonds. The van der Waals surface area contributed by atoms with Crippen LogP contribution < -0.4 is 0 Å². The molecule has 2 aromatic heterocycles. The fraction of sp³-hybridized carbons (Fsp3) is 0.143. The van der Waals surface area contributed by atoms with E-state index in [1.165, 1.54) is 12.1 Å². The summed E-state index contributed by atoms with van der Waals surface area (Å²) in [6.07, 6.45) is 0. The molecule has 3 nitrogen and oxygen atoms in total. The maximum absolute atomic E-state index is 13.3. The van der Waals surface area contributed by atoms with Gasteiger partial charge in [0.2, 0.25) is 0 Å². The highest BCUT2D eigenvalue weighted by Gasteiger charge is 2.15. The van der Waals surface area contributed by atoms with Gasteiger partial charge >= 0.3 is 0 Å². The Morgan fingerprint density at radius 1 is 1.25 bits per heavy atom. The first-order chi connectivity index (χ1) is 9.60. The minimum atomic E-state index is -0.304. The summed E-state index contributed by atoms with van der Waals surface area (Å²) in [5.41, 5.74) is 3.14. The fourth-order valence-electron chi connectivity index (χ4n) is 2.10. The fourth-order valence-corrected chi connectivity index (χ4v) is 2.81. The van der Waals surface area contributed by atoms with Gasteiger partial charge in [0.25, 0.3) is 0 Å². The Balaban J connectivity index is 2.36.